The minimum atomic E-state index is -0.546. The lowest BCUT2D eigenvalue weighted by Gasteiger charge is -2.09. The summed E-state index contributed by atoms with van der Waals surface area (Å²) >= 11 is 5.92. The molecule has 26 heavy (non-hydrogen) atoms. The van der Waals surface area contributed by atoms with Crippen LogP contribution in [0.15, 0.2) is 42.5 Å². The molecule has 1 N–H and O–H groups in total. The van der Waals surface area contributed by atoms with Crippen molar-refractivity contribution in [3.8, 4) is 5.75 Å². The molecule has 138 valence electrons. The van der Waals surface area contributed by atoms with Crippen molar-refractivity contribution in [2.24, 2.45) is 0 Å². The van der Waals surface area contributed by atoms with E-state index in [0.717, 1.165) is 12.0 Å². The maximum absolute atomic E-state index is 11.8. The number of hydrogen-bond acceptors (Lipinski definition) is 4. The molecule has 0 bridgehead atoms. The Morgan fingerprint density at radius 2 is 1.92 bits per heavy atom. The van der Waals surface area contributed by atoms with E-state index in [0.29, 0.717) is 12.5 Å². The number of hydrogen-bond donors (Lipinski definition) is 1. The number of carbonyl (C=O) groups excluding carboxylic acids is 1. The lowest BCUT2D eigenvalue weighted by Crippen LogP contribution is -2.30. The molecule has 1 amide bonds. The summed E-state index contributed by atoms with van der Waals surface area (Å²) < 4.78 is 5.31. The zero-order chi connectivity index (χ0) is 19.1. The summed E-state index contributed by atoms with van der Waals surface area (Å²) in [5.74, 6) is 0.446. The summed E-state index contributed by atoms with van der Waals surface area (Å²) in [7, 11) is 0. The minimum Gasteiger partial charge on any atom is -0.482 e. The smallest absolute Gasteiger partial charge is 0.271 e. The van der Waals surface area contributed by atoms with Crippen molar-refractivity contribution >= 4 is 23.2 Å². The Balaban J connectivity index is 1.76. The summed E-state index contributed by atoms with van der Waals surface area (Å²) in [6.07, 6.45) is 0.725. The second-order valence-electron chi connectivity index (χ2n) is 6.16. The number of halogens is 1. The molecule has 2 rings (SSSR count). The van der Waals surface area contributed by atoms with Crippen molar-refractivity contribution in [2.75, 3.05) is 13.2 Å². The van der Waals surface area contributed by atoms with E-state index < -0.39 is 4.92 Å². The molecule has 0 aliphatic carbocycles. The van der Waals surface area contributed by atoms with Crippen LogP contribution in [0.3, 0.4) is 0 Å². The maximum Gasteiger partial charge on any atom is 0.271 e. The van der Waals surface area contributed by atoms with Gasteiger partial charge in [0.15, 0.2) is 6.61 Å². The Bertz CT molecular complexity index is 776. The number of amides is 1. The molecule has 0 saturated heterocycles. The third-order valence-electron chi connectivity index (χ3n) is 3.87. The zero-order valence-electron chi connectivity index (χ0n) is 14.7. The molecular weight excluding hydrogens is 356 g/mol. The van der Waals surface area contributed by atoms with Crippen LogP contribution in [0, 0.1) is 10.1 Å². The van der Waals surface area contributed by atoms with Crippen LogP contribution >= 0.6 is 11.6 Å². The summed E-state index contributed by atoms with van der Waals surface area (Å²) in [6, 6.07) is 12.2. The Labute approximate surface area is 157 Å². The number of carbonyl (C=O) groups is 1. The second-order valence-corrected chi connectivity index (χ2v) is 6.56. The first kappa shape index (κ1) is 19.7. The fraction of sp³-hybridized carbons (Fsp3) is 0.316. The van der Waals surface area contributed by atoms with Crippen LogP contribution in [-0.2, 0) is 11.2 Å². The number of nitrogens with zero attached hydrogens (tertiary/aromatic N) is 1. The first-order chi connectivity index (χ1) is 12.4. The number of nitrogens with one attached hydrogen (secondary N) is 1. The number of nitro groups is 1. The Morgan fingerprint density at radius 1 is 1.23 bits per heavy atom. The van der Waals surface area contributed by atoms with E-state index in [1.807, 2.05) is 0 Å². The Morgan fingerprint density at radius 3 is 2.50 bits per heavy atom. The SMILES string of the molecule is CC(C)c1ccc(CCNC(=O)COc2ccc([N+](=O)[O-])cc2Cl)cc1. The molecule has 7 heteroatoms. The van der Waals surface area contributed by atoms with E-state index in [-0.39, 0.29) is 29.0 Å². The van der Waals surface area contributed by atoms with Gasteiger partial charge in [-0.05, 0) is 29.5 Å². The summed E-state index contributed by atoms with van der Waals surface area (Å²) in [5, 5.41) is 13.5. The van der Waals surface area contributed by atoms with Gasteiger partial charge in [0.05, 0.1) is 9.95 Å². The average Bonchev–Trinajstić information content (AvgIpc) is 2.61. The number of nitro benzene ring substituents is 1. The van der Waals surface area contributed by atoms with Crippen molar-refractivity contribution in [2.45, 2.75) is 26.2 Å². The van der Waals surface area contributed by atoms with Crippen molar-refractivity contribution in [3.05, 3.63) is 68.7 Å². The van der Waals surface area contributed by atoms with Crippen molar-refractivity contribution in [1.82, 2.24) is 5.32 Å². The molecule has 0 heterocycles. The summed E-state index contributed by atoms with van der Waals surface area (Å²) in [4.78, 5) is 22.0. The van der Waals surface area contributed by atoms with Gasteiger partial charge in [0.2, 0.25) is 0 Å². The third kappa shape index (κ3) is 5.74. The fourth-order valence-electron chi connectivity index (χ4n) is 2.33. The van der Waals surface area contributed by atoms with Gasteiger partial charge in [-0.2, -0.15) is 0 Å². The average molecular weight is 377 g/mol. The van der Waals surface area contributed by atoms with Crippen LogP contribution < -0.4 is 10.1 Å². The van der Waals surface area contributed by atoms with Gasteiger partial charge in [-0.3, -0.25) is 14.9 Å². The number of non-ortho nitro benzene ring substituents is 1. The number of rotatable bonds is 8. The van der Waals surface area contributed by atoms with Gasteiger partial charge in [-0.15, -0.1) is 0 Å². The molecule has 0 aromatic heterocycles. The summed E-state index contributed by atoms with van der Waals surface area (Å²) in [5.41, 5.74) is 2.30. The quantitative estimate of drug-likeness (QED) is 0.555. The Hall–Kier alpha value is -2.60. The molecule has 0 spiro atoms. The molecule has 6 nitrogen and oxygen atoms in total. The van der Waals surface area contributed by atoms with Crippen LogP contribution in [0.2, 0.25) is 5.02 Å². The standard InChI is InChI=1S/C19H21ClN2O4/c1-13(2)15-5-3-14(4-6-15)9-10-21-19(23)12-26-18-8-7-16(22(24)25)11-17(18)20/h3-8,11,13H,9-10,12H2,1-2H3,(H,21,23). The van der Waals surface area contributed by atoms with Crippen LogP contribution in [-0.4, -0.2) is 24.0 Å². The fourth-order valence-corrected chi connectivity index (χ4v) is 2.56. The molecule has 0 radical (unpaired) electrons. The predicted molar refractivity (Wildman–Crippen MR) is 101 cm³/mol. The molecule has 0 aliphatic heterocycles. The lowest BCUT2D eigenvalue weighted by molar-refractivity contribution is -0.384. The van der Waals surface area contributed by atoms with Gasteiger partial charge in [0.1, 0.15) is 5.75 Å². The predicted octanol–water partition coefficient (Wildman–Crippen LogP) is 4.11. The van der Waals surface area contributed by atoms with Crippen molar-refractivity contribution < 1.29 is 14.5 Å². The van der Waals surface area contributed by atoms with Gasteiger partial charge < -0.3 is 10.1 Å². The van der Waals surface area contributed by atoms with Crippen LogP contribution in [0.25, 0.3) is 0 Å². The van der Waals surface area contributed by atoms with Gasteiger partial charge >= 0.3 is 0 Å². The van der Waals surface area contributed by atoms with Gasteiger partial charge in [-0.1, -0.05) is 49.7 Å². The van der Waals surface area contributed by atoms with Crippen LogP contribution in [0.4, 0.5) is 5.69 Å². The molecule has 2 aromatic carbocycles. The minimum absolute atomic E-state index is 0.0947. The van der Waals surface area contributed by atoms with E-state index in [9.17, 15) is 14.9 Å². The highest BCUT2D eigenvalue weighted by Gasteiger charge is 2.11. The normalized spacial score (nSPS) is 10.6. The molecule has 0 fully saturated rings. The molecule has 0 atom stereocenters. The highest BCUT2D eigenvalue weighted by atomic mass is 35.5. The van der Waals surface area contributed by atoms with Crippen molar-refractivity contribution in [3.63, 3.8) is 0 Å². The highest BCUT2D eigenvalue weighted by Crippen LogP contribution is 2.28. The zero-order valence-corrected chi connectivity index (χ0v) is 15.5. The van der Waals surface area contributed by atoms with Gasteiger partial charge in [0, 0.05) is 18.7 Å². The molecule has 0 unspecified atom stereocenters. The first-order valence-electron chi connectivity index (χ1n) is 8.29. The third-order valence-corrected chi connectivity index (χ3v) is 4.16. The van der Waals surface area contributed by atoms with Crippen LogP contribution in [0.1, 0.15) is 30.9 Å². The number of benzene rings is 2. The van der Waals surface area contributed by atoms with Gasteiger partial charge in [0.25, 0.3) is 11.6 Å². The largest absolute Gasteiger partial charge is 0.482 e. The molecular formula is C19H21ClN2O4. The topological polar surface area (TPSA) is 81.5 Å². The molecule has 2 aromatic rings. The van der Waals surface area contributed by atoms with Gasteiger partial charge in [-0.25, -0.2) is 0 Å². The first-order valence-corrected chi connectivity index (χ1v) is 8.67. The lowest BCUT2D eigenvalue weighted by atomic mass is 10.0. The second kappa shape index (κ2) is 9.20. The highest BCUT2D eigenvalue weighted by molar-refractivity contribution is 6.32. The van der Waals surface area contributed by atoms with E-state index in [1.165, 1.54) is 23.8 Å². The van der Waals surface area contributed by atoms with E-state index in [1.54, 1.807) is 0 Å². The van der Waals surface area contributed by atoms with E-state index in [2.05, 4.69) is 43.4 Å². The van der Waals surface area contributed by atoms with E-state index >= 15 is 0 Å². The number of ether oxygens (including phenoxy) is 1. The van der Waals surface area contributed by atoms with Crippen molar-refractivity contribution in [1.29, 1.82) is 0 Å². The summed E-state index contributed by atoms with van der Waals surface area (Å²) in [6.45, 7) is 4.58. The van der Waals surface area contributed by atoms with E-state index in [4.69, 9.17) is 16.3 Å². The van der Waals surface area contributed by atoms with Crippen LogP contribution in [0.5, 0.6) is 5.75 Å². The molecule has 0 aliphatic rings. The molecule has 0 saturated carbocycles. The Kier molecular flexibility index (Phi) is 6.97. The monoisotopic (exact) mass is 376 g/mol. The maximum atomic E-state index is 11.8.